The summed E-state index contributed by atoms with van der Waals surface area (Å²) in [6, 6.07) is 13.1. The highest BCUT2D eigenvalue weighted by Crippen LogP contribution is 2.25. The Bertz CT molecular complexity index is 1310. The number of nitriles is 1. The molecule has 0 spiro atoms. The summed E-state index contributed by atoms with van der Waals surface area (Å²) in [4.78, 5) is 32.6. The van der Waals surface area contributed by atoms with Crippen LogP contribution in [-0.4, -0.2) is 33.3 Å². The Morgan fingerprint density at radius 2 is 1.91 bits per heavy atom. The molecule has 1 fully saturated rings. The Kier molecular flexibility index (Phi) is 6.55. The summed E-state index contributed by atoms with van der Waals surface area (Å²) in [7, 11) is 0. The lowest BCUT2D eigenvalue weighted by Crippen LogP contribution is -2.36. The molecule has 0 saturated carbocycles. The molecule has 0 N–H and O–H groups in total. The van der Waals surface area contributed by atoms with Crippen molar-refractivity contribution in [3.05, 3.63) is 75.2 Å². The van der Waals surface area contributed by atoms with Gasteiger partial charge < -0.3 is 9.64 Å². The van der Waals surface area contributed by atoms with Crippen LogP contribution in [0.15, 0.2) is 53.0 Å². The number of pyridine rings is 1. The first kappa shape index (κ1) is 22.3. The van der Waals surface area contributed by atoms with Gasteiger partial charge in [0.1, 0.15) is 28.6 Å². The van der Waals surface area contributed by atoms with Crippen molar-refractivity contribution in [3.63, 3.8) is 0 Å². The van der Waals surface area contributed by atoms with E-state index in [1.807, 2.05) is 43.3 Å². The predicted octanol–water partition coefficient (Wildman–Crippen LogP) is 4.28. The molecule has 0 aliphatic carbocycles. The standard InChI is InChI=1S/C26H26N4O3/c1-3-19-9-11-21(12-10-19)33-24-22(26(32)30-15-7-8-18(2)23(30)28-24)16-20(17-27)25(31)29-13-5-4-6-14-29/h7-12,15-16H,3-6,13-14H2,1-2H3/b20-16+. The van der Waals surface area contributed by atoms with Gasteiger partial charge in [0.15, 0.2) is 0 Å². The fourth-order valence-corrected chi connectivity index (χ4v) is 3.95. The van der Waals surface area contributed by atoms with E-state index in [2.05, 4.69) is 11.9 Å². The van der Waals surface area contributed by atoms with Crippen molar-refractivity contribution in [2.45, 2.75) is 39.5 Å². The number of likely N-dealkylation sites (tertiary alicyclic amines) is 1. The molecule has 168 valence electrons. The van der Waals surface area contributed by atoms with E-state index < -0.39 is 5.56 Å². The number of rotatable bonds is 5. The van der Waals surface area contributed by atoms with Crippen LogP contribution in [0.5, 0.6) is 11.6 Å². The SMILES string of the molecule is CCc1ccc(Oc2nc3c(C)cccn3c(=O)c2/C=C(\C#N)C(=O)N2CCCCC2)cc1. The van der Waals surface area contributed by atoms with Gasteiger partial charge in [-0.25, -0.2) is 0 Å². The third kappa shape index (κ3) is 4.65. The summed E-state index contributed by atoms with van der Waals surface area (Å²) in [5.41, 5.74) is 1.99. The van der Waals surface area contributed by atoms with Crippen LogP contribution in [0.2, 0.25) is 0 Å². The molecule has 0 bridgehead atoms. The number of carbonyl (C=O) groups is 1. The lowest BCUT2D eigenvalue weighted by atomic mass is 10.1. The normalized spacial score (nSPS) is 14.2. The minimum absolute atomic E-state index is 0.0674. The number of ether oxygens (including phenoxy) is 1. The van der Waals surface area contributed by atoms with Gasteiger partial charge in [-0.2, -0.15) is 10.2 Å². The van der Waals surface area contributed by atoms with E-state index in [0.717, 1.165) is 36.8 Å². The quantitative estimate of drug-likeness (QED) is 0.435. The molecule has 0 atom stereocenters. The topological polar surface area (TPSA) is 87.7 Å². The number of benzene rings is 1. The zero-order valence-electron chi connectivity index (χ0n) is 18.9. The van der Waals surface area contributed by atoms with Crippen LogP contribution in [0.1, 0.15) is 42.9 Å². The van der Waals surface area contributed by atoms with Gasteiger partial charge >= 0.3 is 0 Å². The fraction of sp³-hybridized carbons (Fsp3) is 0.308. The van der Waals surface area contributed by atoms with Gasteiger partial charge in [-0.15, -0.1) is 0 Å². The number of aryl methyl sites for hydroxylation is 2. The predicted molar refractivity (Wildman–Crippen MR) is 126 cm³/mol. The Hall–Kier alpha value is -3.92. The van der Waals surface area contributed by atoms with Crippen molar-refractivity contribution in [1.82, 2.24) is 14.3 Å². The second-order valence-electron chi connectivity index (χ2n) is 8.14. The Labute approximate surface area is 192 Å². The first-order valence-corrected chi connectivity index (χ1v) is 11.2. The highest BCUT2D eigenvalue weighted by Gasteiger charge is 2.23. The molecular formula is C26H26N4O3. The van der Waals surface area contributed by atoms with Crippen molar-refractivity contribution >= 4 is 17.6 Å². The van der Waals surface area contributed by atoms with Gasteiger partial charge in [0.05, 0.1) is 0 Å². The smallest absolute Gasteiger partial charge is 0.269 e. The maximum absolute atomic E-state index is 13.4. The van der Waals surface area contributed by atoms with Crippen LogP contribution < -0.4 is 10.3 Å². The van der Waals surface area contributed by atoms with Crippen molar-refractivity contribution < 1.29 is 9.53 Å². The Morgan fingerprint density at radius 1 is 1.18 bits per heavy atom. The molecule has 3 heterocycles. The average Bonchev–Trinajstić information content (AvgIpc) is 2.85. The number of nitrogens with zero attached hydrogens (tertiary/aromatic N) is 4. The molecule has 0 unspecified atom stereocenters. The molecular weight excluding hydrogens is 416 g/mol. The summed E-state index contributed by atoms with van der Waals surface area (Å²) in [5.74, 6) is 0.217. The number of aromatic nitrogens is 2. The number of carbonyl (C=O) groups excluding carboxylic acids is 1. The van der Waals surface area contributed by atoms with Crippen molar-refractivity contribution in [2.24, 2.45) is 0 Å². The van der Waals surface area contributed by atoms with Crippen molar-refractivity contribution in [2.75, 3.05) is 13.1 Å². The molecule has 2 aromatic heterocycles. The van der Waals surface area contributed by atoms with E-state index >= 15 is 0 Å². The van der Waals surface area contributed by atoms with Gasteiger partial charge in [0, 0.05) is 19.3 Å². The molecule has 1 aromatic carbocycles. The first-order valence-electron chi connectivity index (χ1n) is 11.2. The zero-order valence-corrected chi connectivity index (χ0v) is 18.9. The summed E-state index contributed by atoms with van der Waals surface area (Å²) in [6.45, 7) is 5.14. The number of hydrogen-bond donors (Lipinski definition) is 0. The molecule has 7 heteroatoms. The van der Waals surface area contributed by atoms with Gasteiger partial charge in [-0.1, -0.05) is 25.1 Å². The third-order valence-electron chi connectivity index (χ3n) is 5.88. The fourth-order valence-electron chi connectivity index (χ4n) is 3.95. The second-order valence-corrected chi connectivity index (χ2v) is 8.14. The van der Waals surface area contributed by atoms with Crippen LogP contribution in [0, 0.1) is 18.3 Å². The first-order chi connectivity index (χ1) is 16.0. The van der Waals surface area contributed by atoms with Gasteiger partial charge in [-0.05, 0) is 68.0 Å². The molecule has 7 nitrogen and oxygen atoms in total. The Morgan fingerprint density at radius 3 is 2.58 bits per heavy atom. The highest BCUT2D eigenvalue weighted by atomic mass is 16.5. The maximum Gasteiger partial charge on any atom is 0.269 e. The van der Waals surface area contributed by atoms with Crippen LogP contribution in [-0.2, 0) is 11.2 Å². The molecule has 33 heavy (non-hydrogen) atoms. The van der Waals surface area contributed by atoms with E-state index in [4.69, 9.17) is 4.74 Å². The van der Waals surface area contributed by atoms with Gasteiger partial charge in [0.2, 0.25) is 5.88 Å². The van der Waals surface area contributed by atoms with Gasteiger partial charge in [0.25, 0.3) is 11.5 Å². The average molecular weight is 443 g/mol. The van der Waals surface area contributed by atoms with Crippen LogP contribution >= 0.6 is 0 Å². The summed E-state index contributed by atoms with van der Waals surface area (Å²) < 4.78 is 7.43. The second kappa shape index (κ2) is 9.70. The van der Waals surface area contributed by atoms with E-state index in [-0.39, 0.29) is 22.9 Å². The summed E-state index contributed by atoms with van der Waals surface area (Å²) >= 11 is 0. The lowest BCUT2D eigenvalue weighted by Gasteiger charge is -2.26. The number of amides is 1. The zero-order chi connectivity index (χ0) is 23.4. The number of piperidine rings is 1. The van der Waals surface area contributed by atoms with Gasteiger partial charge in [-0.3, -0.25) is 14.0 Å². The van der Waals surface area contributed by atoms with Crippen molar-refractivity contribution in [3.8, 4) is 17.7 Å². The monoisotopic (exact) mass is 442 g/mol. The van der Waals surface area contributed by atoms with E-state index in [9.17, 15) is 14.9 Å². The molecule has 1 aliphatic rings. The van der Waals surface area contributed by atoms with Crippen molar-refractivity contribution in [1.29, 1.82) is 5.26 Å². The number of hydrogen-bond acceptors (Lipinski definition) is 5. The van der Waals surface area contributed by atoms with E-state index in [1.165, 1.54) is 10.5 Å². The molecule has 4 rings (SSSR count). The maximum atomic E-state index is 13.4. The Balaban J connectivity index is 1.84. The van der Waals surface area contributed by atoms with Crippen LogP contribution in [0.4, 0.5) is 0 Å². The molecule has 1 saturated heterocycles. The largest absolute Gasteiger partial charge is 0.438 e. The molecule has 0 radical (unpaired) electrons. The molecule has 1 aliphatic heterocycles. The minimum Gasteiger partial charge on any atom is -0.438 e. The number of fused-ring (bicyclic) bond motifs is 1. The third-order valence-corrected chi connectivity index (χ3v) is 5.88. The van der Waals surface area contributed by atoms with Crippen LogP contribution in [0.25, 0.3) is 11.7 Å². The van der Waals surface area contributed by atoms with E-state index in [0.29, 0.717) is 24.5 Å². The molecule has 1 amide bonds. The summed E-state index contributed by atoms with van der Waals surface area (Å²) in [5, 5.41) is 9.74. The van der Waals surface area contributed by atoms with Crippen LogP contribution in [0.3, 0.4) is 0 Å². The molecule has 3 aromatic rings. The lowest BCUT2D eigenvalue weighted by molar-refractivity contribution is -0.127. The van der Waals surface area contributed by atoms with E-state index in [1.54, 1.807) is 17.2 Å². The minimum atomic E-state index is -0.400. The summed E-state index contributed by atoms with van der Waals surface area (Å²) in [6.07, 6.45) is 6.72. The highest BCUT2D eigenvalue weighted by molar-refractivity contribution is 6.02.